The summed E-state index contributed by atoms with van der Waals surface area (Å²) in [6.45, 7) is 5.37. The van der Waals surface area contributed by atoms with Gasteiger partial charge in [-0.25, -0.2) is 0 Å². The van der Waals surface area contributed by atoms with E-state index in [1.807, 2.05) is 0 Å². The van der Waals surface area contributed by atoms with Crippen molar-refractivity contribution in [1.29, 1.82) is 0 Å². The molecule has 1 aliphatic carbocycles. The lowest BCUT2D eigenvalue weighted by Crippen LogP contribution is -2.35. The predicted octanol–water partition coefficient (Wildman–Crippen LogP) is 4.01. The van der Waals surface area contributed by atoms with E-state index in [1.54, 1.807) is 0 Å². The van der Waals surface area contributed by atoms with Crippen LogP contribution in [0.2, 0.25) is 0 Å². The summed E-state index contributed by atoms with van der Waals surface area (Å²) in [7, 11) is 0. The van der Waals surface area contributed by atoms with E-state index >= 15 is 0 Å². The van der Waals surface area contributed by atoms with Gasteiger partial charge in [-0.1, -0.05) is 56.3 Å². The van der Waals surface area contributed by atoms with Crippen molar-refractivity contribution in [2.24, 2.45) is 11.1 Å². The zero-order valence-corrected chi connectivity index (χ0v) is 13.1. The Morgan fingerprint density at radius 1 is 1.19 bits per heavy atom. The van der Waals surface area contributed by atoms with Crippen LogP contribution in [0, 0.1) is 5.41 Å². The molecule has 2 aromatic carbocycles. The summed E-state index contributed by atoms with van der Waals surface area (Å²) < 4.78 is 0. The highest BCUT2D eigenvalue weighted by Crippen LogP contribution is 2.38. The Hall–Kier alpha value is -1.38. The summed E-state index contributed by atoms with van der Waals surface area (Å²) in [6, 6.07) is 15.9. The molecule has 0 aliphatic heterocycles. The molecule has 0 aromatic heterocycles. The van der Waals surface area contributed by atoms with Gasteiger partial charge in [-0.15, -0.1) is 0 Å². The maximum Gasteiger partial charge on any atom is 0.0452 e. The molecule has 2 aromatic rings. The van der Waals surface area contributed by atoms with Gasteiger partial charge in [0.2, 0.25) is 0 Å². The van der Waals surface area contributed by atoms with Crippen molar-refractivity contribution in [1.82, 2.24) is 5.32 Å². The number of rotatable bonds is 4. The number of nitrogens with two attached hydrogens (primary N) is 1. The van der Waals surface area contributed by atoms with Crippen molar-refractivity contribution >= 4 is 10.8 Å². The quantitative estimate of drug-likeness (QED) is 0.889. The van der Waals surface area contributed by atoms with Gasteiger partial charge in [-0.05, 0) is 41.0 Å². The second kappa shape index (κ2) is 5.78. The van der Waals surface area contributed by atoms with Crippen LogP contribution in [0.25, 0.3) is 10.8 Å². The molecular formula is C19H26N2. The van der Waals surface area contributed by atoms with Crippen LogP contribution in [0.1, 0.15) is 44.7 Å². The molecule has 0 spiro atoms. The Kier molecular flexibility index (Phi) is 4.01. The van der Waals surface area contributed by atoms with E-state index in [9.17, 15) is 0 Å². The lowest BCUT2D eigenvalue weighted by atomic mass is 9.91. The van der Waals surface area contributed by atoms with Gasteiger partial charge in [0.05, 0.1) is 0 Å². The van der Waals surface area contributed by atoms with Gasteiger partial charge in [0.15, 0.2) is 0 Å². The molecule has 2 unspecified atom stereocenters. The average Bonchev–Trinajstić information content (AvgIpc) is 2.83. The maximum absolute atomic E-state index is 6.08. The highest BCUT2D eigenvalue weighted by molar-refractivity contribution is 5.86. The lowest BCUT2D eigenvalue weighted by molar-refractivity contribution is 0.354. The Labute approximate surface area is 127 Å². The smallest absolute Gasteiger partial charge is 0.0452 e. The first-order valence-electron chi connectivity index (χ1n) is 8.03. The molecule has 1 saturated carbocycles. The molecule has 0 heterocycles. The lowest BCUT2D eigenvalue weighted by Gasteiger charge is -2.25. The van der Waals surface area contributed by atoms with E-state index in [4.69, 9.17) is 5.73 Å². The van der Waals surface area contributed by atoms with Gasteiger partial charge in [-0.3, -0.25) is 0 Å². The Bertz CT molecular complexity index is 612. The summed E-state index contributed by atoms with van der Waals surface area (Å²) in [6.07, 6.45) is 3.81. The van der Waals surface area contributed by atoms with E-state index in [1.165, 1.54) is 35.6 Å². The van der Waals surface area contributed by atoms with E-state index in [-0.39, 0.29) is 6.04 Å². The Balaban J connectivity index is 1.85. The zero-order chi connectivity index (χ0) is 14.9. The van der Waals surface area contributed by atoms with Crippen LogP contribution in [0.5, 0.6) is 0 Å². The van der Waals surface area contributed by atoms with Crippen LogP contribution in [-0.4, -0.2) is 12.6 Å². The van der Waals surface area contributed by atoms with Gasteiger partial charge in [-0.2, -0.15) is 0 Å². The molecule has 0 amide bonds. The van der Waals surface area contributed by atoms with E-state index in [2.05, 4.69) is 61.6 Å². The number of hydrogen-bond donors (Lipinski definition) is 2. The molecule has 3 N–H and O–H groups in total. The van der Waals surface area contributed by atoms with E-state index < -0.39 is 0 Å². The normalized spacial score (nSPS) is 22.5. The van der Waals surface area contributed by atoms with Crippen molar-refractivity contribution in [2.75, 3.05) is 6.54 Å². The van der Waals surface area contributed by atoms with Crippen molar-refractivity contribution in [3.8, 4) is 0 Å². The molecule has 3 rings (SSSR count). The van der Waals surface area contributed by atoms with Crippen LogP contribution in [0.3, 0.4) is 0 Å². The first-order valence-corrected chi connectivity index (χ1v) is 8.03. The monoisotopic (exact) mass is 282 g/mol. The van der Waals surface area contributed by atoms with Crippen LogP contribution in [0.4, 0.5) is 0 Å². The van der Waals surface area contributed by atoms with Gasteiger partial charge >= 0.3 is 0 Å². The molecule has 1 fully saturated rings. The molecule has 2 nitrogen and oxygen atoms in total. The number of benzene rings is 2. The van der Waals surface area contributed by atoms with Gasteiger partial charge in [0, 0.05) is 18.6 Å². The van der Waals surface area contributed by atoms with Crippen molar-refractivity contribution < 1.29 is 0 Å². The largest absolute Gasteiger partial charge is 0.329 e. The Morgan fingerprint density at radius 2 is 1.95 bits per heavy atom. The zero-order valence-electron chi connectivity index (χ0n) is 13.1. The second-order valence-electron chi connectivity index (χ2n) is 7.13. The SMILES string of the molecule is CC1(C)CCC(NC(CN)c2cccc3ccccc23)C1. The topological polar surface area (TPSA) is 38.0 Å². The molecule has 2 heteroatoms. The number of hydrogen-bond acceptors (Lipinski definition) is 2. The van der Waals surface area contributed by atoms with Crippen LogP contribution < -0.4 is 11.1 Å². The minimum atomic E-state index is 0.245. The predicted molar refractivity (Wildman–Crippen MR) is 90.3 cm³/mol. The summed E-state index contributed by atoms with van der Waals surface area (Å²) in [5.74, 6) is 0. The molecule has 0 saturated heterocycles. The third-order valence-corrected chi connectivity index (χ3v) is 4.84. The second-order valence-corrected chi connectivity index (χ2v) is 7.13. The summed E-state index contributed by atoms with van der Waals surface area (Å²) in [5.41, 5.74) is 7.88. The van der Waals surface area contributed by atoms with Crippen LogP contribution in [0.15, 0.2) is 42.5 Å². The van der Waals surface area contributed by atoms with Crippen molar-refractivity contribution in [3.05, 3.63) is 48.0 Å². The Morgan fingerprint density at radius 3 is 2.67 bits per heavy atom. The van der Waals surface area contributed by atoms with Crippen molar-refractivity contribution in [3.63, 3.8) is 0 Å². The standard InChI is InChI=1S/C19H26N2/c1-19(2)11-10-15(12-19)21-18(13-20)17-9-5-7-14-6-3-4-8-16(14)17/h3-9,15,18,21H,10-13,20H2,1-2H3. The number of fused-ring (bicyclic) bond motifs is 1. The summed E-state index contributed by atoms with van der Waals surface area (Å²) in [4.78, 5) is 0. The minimum Gasteiger partial charge on any atom is -0.329 e. The van der Waals surface area contributed by atoms with Crippen LogP contribution >= 0.6 is 0 Å². The van der Waals surface area contributed by atoms with Crippen LogP contribution in [-0.2, 0) is 0 Å². The molecule has 1 aliphatic rings. The fourth-order valence-electron chi connectivity index (χ4n) is 3.70. The fraction of sp³-hybridized carbons (Fsp3) is 0.474. The number of nitrogens with one attached hydrogen (secondary N) is 1. The highest BCUT2D eigenvalue weighted by atomic mass is 15.0. The summed E-state index contributed by atoms with van der Waals surface area (Å²) in [5, 5.41) is 6.42. The average molecular weight is 282 g/mol. The minimum absolute atomic E-state index is 0.245. The first-order chi connectivity index (χ1) is 10.1. The molecule has 2 atom stereocenters. The molecule has 112 valence electrons. The fourth-order valence-corrected chi connectivity index (χ4v) is 3.70. The van der Waals surface area contributed by atoms with E-state index in [0.29, 0.717) is 18.0 Å². The first kappa shape index (κ1) is 14.6. The van der Waals surface area contributed by atoms with Crippen molar-refractivity contribution in [2.45, 2.75) is 45.2 Å². The molecular weight excluding hydrogens is 256 g/mol. The summed E-state index contributed by atoms with van der Waals surface area (Å²) >= 11 is 0. The molecule has 0 bridgehead atoms. The van der Waals surface area contributed by atoms with Gasteiger partial charge < -0.3 is 11.1 Å². The maximum atomic E-state index is 6.08. The highest BCUT2D eigenvalue weighted by Gasteiger charge is 2.32. The van der Waals surface area contributed by atoms with Gasteiger partial charge in [0.1, 0.15) is 0 Å². The molecule has 21 heavy (non-hydrogen) atoms. The third-order valence-electron chi connectivity index (χ3n) is 4.84. The molecule has 0 radical (unpaired) electrons. The van der Waals surface area contributed by atoms with E-state index in [0.717, 1.165) is 0 Å². The third kappa shape index (κ3) is 3.12. The van der Waals surface area contributed by atoms with Gasteiger partial charge in [0.25, 0.3) is 0 Å².